The lowest BCUT2D eigenvalue weighted by atomic mass is 9.77. The van der Waals surface area contributed by atoms with Crippen LogP contribution in [0, 0.1) is 0 Å². The molecule has 182 valence electrons. The molecule has 2 atom stereocenters. The molecule has 3 N–H and O–H groups in total. The van der Waals surface area contributed by atoms with Crippen molar-refractivity contribution >= 4 is 17.7 Å². The summed E-state index contributed by atoms with van der Waals surface area (Å²) >= 11 is 0. The van der Waals surface area contributed by atoms with Gasteiger partial charge in [0.05, 0.1) is 28.4 Å². The minimum absolute atomic E-state index is 0.0149. The van der Waals surface area contributed by atoms with Crippen LogP contribution in [0.3, 0.4) is 0 Å². The van der Waals surface area contributed by atoms with Gasteiger partial charge in [0.25, 0.3) is 0 Å². The number of benzene rings is 2. The van der Waals surface area contributed by atoms with E-state index < -0.39 is 6.04 Å². The third-order valence-corrected chi connectivity index (χ3v) is 6.55. The molecule has 3 aromatic rings. The van der Waals surface area contributed by atoms with Crippen molar-refractivity contribution in [3.05, 3.63) is 58.8 Å². The number of anilines is 2. The highest BCUT2D eigenvalue weighted by atomic mass is 16.5. The molecule has 0 bridgehead atoms. The molecule has 10 nitrogen and oxygen atoms in total. The van der Waals surface area contributed by atoms with Crippen LogP contribution in [-0.2, 0) is 4.79 Å². The van der Waals surface area contributed by atoms with Crippen molar-refractivity contribution in [1.82, 2.24) is 14.8 Å². The lowest BCUT2D eigenvalue weighted by Crippen LogP contribution is -2.33. The number of nitrogens with two attached hydrogens (primary N) is 1. The normalized spacial score (nSPS) is 18.9. The Morgan fingerprint density at radius 2 is 1.71 bits per heavy atom. The fraction of sp³-hybridized carbons (Fsp3) is 0.320. The Bertz CT molecular complexity index is 1330. The van der Waals surface area contributed by atoms with Crippen LogP contribution in [0.1, 0.15) is 35.9 Å². The molecule has 1 aromatic heterocycles. The molecule has 35 heavy (non-hydrogen) atoms. The highest BCUT2D eigenvalue weighted by Crippen LogP contribution is 2.47. The third-order valence-electron chi connectivity index (χ3n) is 6.55. The topological polar surface area (TPSA) is 123 Å². The lowest BCUT2D eigenvalue weighted by Gasteiger charge is -2.35. The fourth-order valence-electron chi connectivity index (χ4n) is 4.90. The number of ketones is 1. The average molecular weight is 478 g/mol. The van der Waals surface area contributed by atoms with E-state index in [-0.39, 0.29) is 17.6 Å². The number of Topliss-reactive ketones (excluding diaryl/α,β-unsaturated/α-hetero) is 1. The maximum absolute atomic E-state index is 13.7. The van der Waals surface area contributed by atoms with Gasteiger partial charge >= 0.3 is 0 Å². The number of nitrogen functional groups attached to an aromatic ring is 1. The highest BCUT2D eigenvalue weighted by molar-refractivity contribution is 6.00. The molecule has 0 fully saturated rings. The first-order valence-corrected chi connectivity index (χ1v) is 11.2. The predicted molar refractivity (Wildman–Crippen MR) is 129 cm³/mol. The van der Waals surface area contributed by atoms with E-state index in [1.807, 2.05) is 30.3 Å². The van der Waals surface area contributed by atoms with Crippen LogP contribution >= 0.6 is 0 Å². The zero-order valence-electron chi connectivity index (χ0n) is 20.0. The Morgan fingerprint density at radius 3 is 2.43 bits per heavy atom. The van der Waals surface area contributed by atoms with E-state index in [0.29, 0.717) is 47.4 Å². The van der Waals surface area contributed by atoms with Gasteiger partial charge in [-0.3, -0.25) is 4.79 Å². The molecule has 0 saturated heterocycles. The summed E-state index contributed by atoms with van der Waals surface area (Å²) in [5.74, 6) is 3.07. The van der Waals surface area contributed by atoms with E-state index in [1.54, 1.807) is 39.2 Å². The summed E-state index contributed by atoms with van der Waals surface area (Å²) in [6, 6.07) is 10.7. The molecule has 10 heteroatoms. The molecule has 2 aromatic carbocycles. The number of carbonyl (C=O) groups is 1. The summed E-state index contributed by atoms with van der Waals surface area (Å²) < 4.78 is 23.5. The molecule has 1 aliphatic heterocycles. The lowest BCUT2D eigenvalue weighted by molar-refractivity contribution is -0.116. The first-order chi connectivity index (χ1) is 17.0. The number of ether oxygens (including phenoxy) is 4. The molecule has 0 saturated carbocycles. The van der Waals surface area contributed by atoms with E-state index in [4.69, 9.17) is 24.7 Å². The molecular weight excluding hydrogens is 450 g/mol. The van der Waals surface area contributed by atoms with Gasteiger partial charge in [0.1, 0.15) is 17.5 Å². The summed E-state index contributed by atoms with van der Waals surface area (Å²) in [7, 11) is 6.37. The van der Waals surface area contributed by atoms with Crippen LogP contribution in [0.2, 0.25) is 0 Å². The highest BCUT2D eigenvalue weighted by Gasteiger charge is 2.41. The summed E-state index contributed by atoms with van der Waals surface area (Å²) in [6.45, 7) is 0. The summed E-state index contributed by atoms with van der Waals surface area (Å²) in [6.07, 6.45) is 0.947. The van der Waals surface area contributed by atoms with Gasteiger partial charge in [0.15, 0.2) is 17.3 Å². The number of hydrogen-bond donors (Lipinski definition) is 2. The van der Waals surface area contributed by atoms with Crippen molar-refractivity contribution in [1.29, 1.82) is 0 Å². The Morgan fingerprint density at radius 1 is 0.943 bits per heavy atom. The number of nitrogens with zero attached hydrogens (tertiary/aromatic N) is 3. The summed E-state index contributed by atoms with van der Waals surface area (Å²) in [5.41, 5.74) is 9.14. The number of rotatable bonds is 6. The van der Waals surface area contributed by atoms with Crippen molar-refractivity contribution in [2.75, 3.05) is 39.5 Å². The van der Waals surface area contributed by atoms with Crippen molar-refractivity contribution in [2.24, 2.45) is 0 Å². The second-order valence-corrected chi connectivity index (χ2v) is 8.41. The Hall–Kier alpha value is -4.21. The SMILES string of the molecule is COc1ccc([C@@H]2C3=C(C[C@H](c4ccc(OC)c(OC)c4)CC3=O)Nc3nc(N)nn32)c(OC)c1. The van der Waals surface area contributed by atoms with Crippen molar-refractivity contribution in [2.45, 2.75) is 24.8 Å². The van der Waals surface area contributed by atoms with Gasteiger partial charge in [-0.25, -0.2) is 4.68 Å². The standard InChI is InChI=1S/C25H27N5O5/c1-32-15-6-7-16(20(12-15)34-3)23-22-17(27-25-28-24(26)29-30(23)25)9-14(10-18(22)31)13-5-8-19(33-2)21(11-13)35-4/h5-8,11-12,14,23H,9-10H2,1-4H3,(H3,26,27,28,29)/t14-,23+/m0/s1. The Kier molecular flexibility index (Phi) is 5.72. The molecule has 0 unspecified atom stereocenters. The van der Waals surface area contributed by atoms with Crippen molar-refractivity contribution in [3.8, 4) is 23.0 Å². The van der Waals surface area contributed by atoms with Crippen LogP contribution in [0.4, 0.5) is 11.9 Å². The van der Waals surface area contributed by atoms with E-state index in [1.165, 1.54) is 0 Å². The average Bonchev–Trinajstić information content (AvgIpc) is 3.25. The van der Waals surface area contributed by atoms with Crippen molar-refractivity contribution in [3.63, 3.8) is 0 Å². The largest absolute Gasteiger partial charge is 0.497 e. The summed E-state index contributed by atoms with van der Waals surface area (Å²) in [4.78, 5) is 18.1. The number of fused-ring (bicyclic) bond motifs is 1. The number of methoxy groups -OCH3 is 4. The minimum atomic E-state index is -0.536. The number of nitrogens with one attached hydrogen (secondary N) is 1. The Balaban J connectivity index is 1.60. The zero-order valence-corrected chi connectivity index (χ0v) is 20.0. The molecule has 5 rings (SSSR count). The third kappa shape index (κ3) is 3.80. The molecule has 1 aliphatic carbocycles. The molecule has 2 heterocycles. The molecule has 2 aliphatic rings. The maximum atomic E-state index is 13.7. The van der Waals surface area contributed by atoms with Gasteiger partial charge in [-0.05, 0) is 42.2 Å². The number of aromatic nitrogens is 3. The Labute approximate surface area is 202 Å². The first kappa shape index (κ1) is 22.6. The van der Waals surface area contributed by atoms with Crippen LogP contribution < -0.4 is 30.0 Å². The minimum Gasteiger partial charge on any atom is -0.497 e. The van der Waals surface area contributed by atoms with Gasteiger partial charge in [-0.2, -0.15) is 4.98 Å². The predicted octanol–water partition coefficient (Wildman–Crippen LogP) is 3.31. The van der Waals surface area contributed by atoms with E-state index in [0.717, 1.165) is 16.8 Å². The van der Waals surface area contributed by atoms with E-state index in [2.05, 4.69) is 15.4 Å². The van der Waals surface area contributed by atoms with Gasteiger partial charge in [0, 0.05) is 29.3 Å². The van der Waals surface area contributed by atoms with Crippen LogP contribution in [0.5, 0.6) is 23.0 Å². The molecule has 0 spiro atoms. The second-order valence-electron chi connectivity index (χ2n) is 8.41. The molecule has 0 radical (unpaired) electrons. The van der Waals surface area contributed by atoms with Crippen LogP contribution in [-0.4, -0.2) is 49.0 Å². The first-order valence-electron chi connectivity index (χ1n) is 11.2. The quantitative estimate of drug-likeness (QED) is 0.550. The smallest absolute Gasteiger partial charge is 0.241 e. The molecular formula is C25H27N5O5. The van der Waals surface area contributed by atoms with Gasteiger partial charge in [-0.15, -0.1) is 5.10 Å². The van der Waals surface area contributed by atoms with Gasteiger partial charge in [0.2, 0.25) is 11.9 Å². The maximum Gasteiger partial charge on any atom is 0.241 e. The number of allylic oxidation sites excluding steroid dienone is 2. The van der Waals surface area contributed by atoms with Gasteiger partial charge in [-0.1, -0.05) is 6.07 Å². The van der Waals surface area contributed by atoms with Crippen LogP contribution in [0.15, 0.2) is 47.7 Å². The van der Waals surface area contributed by atoms with Crippen molar-refractivity contribution < 1.29 is 23.7 Å². The van der Waals surface area contributed by atoms with Crippen LogP contribution in [0.25, 0.3) is 0 Å². The van der Waals surface area contributed by atoms with E-state index >= 15 is 0 Å². The van der Waals surface area contributed by atoms with E-state index in [9.17, 15) is 4.79 Å². The summed E-state index contributed by atoms with van der Waals surface area (Å²) in [5, 5.41) is 7.70. The fourth-order valence-corrected chi connectivity index (χ4v) is 4.90. The zero-order chi connectivity index (χ0) is 24.7. The monoisotopic (exact) mass is 477 g/mol. The number of carbonyl (C=O) groups excluding carboxylic acids is 1. The number of hydrogen-bond acceptors (Lipinski definition) is 9. The van der Waals surface area contributed by atoms with Gasteiger partial charge < -0.3 is 30.0 Å². The molecule has 0 amide bonds. The second kappa shape index (κ2) is 8.86.